The largest absolute Gasteiger partial charge is 0.559 e. The molecular weight excluding hydrogens is 286 g/mol. The van der Waals surface area contributed by atoms with Gasteiger partial charge in [-0.05, 0) is 0 Å². The zero-order valence-electron chi connectivity index (χ0n) is 2.78. The third-order valence-corrected chi connectivity index (χ3v) is 0. The Morgan fingerprint density at radius 2 is 1.75 bits per heavy atom. The second kappa shape index (κ2) is 8.82. The number of rotatable bonds is 0. The van der Waals surface area contributed by atoms with Crippen LogP contribution in [0.4, 0.5) is 0 Å². The first-order valence-corrected chi connectivity index (χ1v) is 1.77. The fraction of sp³-hybridized carbons (Fsp3) is 1.00. The second-order valence-corrected chi connectivity index (χ2v) is 1.06. The molecule has 0 spiro atoms. The Bertz CT molecular complexity index is 6.00. The van der Waals surface area contributed by atoms with Gasteiger partial charge in [0, 0.05) is 32.3 Å². The molecule has 0 aromatic carbocycles. The van der Waals surface area contributed by atoms with E-state index in [2.05, 4.69) is 9.24 Å². The summed E-state index contributed by atoms with van der Waals surface area (Å²) in [6.45, 7) is 2.04. The van der Waals surface area contributed by atoms with Crippen molar-refractivity contribution >= 4 is 9.24 Å². The van der Waals surface area contributed by atoms with E-state index in [1.807, 2.05) is 6.92 Å². The van der Waals surface area contributed by atoms with Crippen molar-refractivity contribution in [3.63, 3.8) is 0 Å². The van der Waals surface area contributed by atoms with Crippen molar-refractivity contribution in [2.45, 2.75) is 6.92 Å². The molecule has 0 aliphatic carbocycles. The van der Waals surface area contributed by atoms with Crippen molar-refractivity contribution < 1.29 is 32.3 Å². The monoisotopic (exact) mass is 292 g/mol. The van der Waals surface area contributed by atoms with Crippen LogP contribution in [0.3, 0.4) is 0 Å². The maximum atomic E-state index is 3.18. The van der Waals surface area contributed by atoms with Gasteiger partial charge in [-0.25, -0.2) is 0 Å². The van der Waals surface area contributed by atoms with Gasteiger partial charge in [-0.3, -0.25) is 0 Å². The van der Waals surface area contributed by atoms with Crippen molar-refractivity contribution in [3.8, 4) is 0 Å². The third-order valence-electron chi connectivity index (χ3n) is 0. The van der Waals surface area contributed by atoms with E-state index in [-0.39, 0.29) is 32.3 Å². The van der Waals surface area contributed by atoms with Gasteiger partial charge in [0.25, 0.3) is 0 Å². The molecule has 4 heavy (non-hydrogen) atoms. The van der Waals surface area contributed by atoms with E-state index < -0.39 is 0 Å². The molecule has 0 aromatic heterocycles. The zero-order chi connectivity index (χ0) is 2.71. The van der Waals surface area contributed by atoms with Gasteiger partial charge >= 0.3 is 0 Å². The molecule has 0 atom stereocenters. The molecule has 0 heterocycles. The van der Waals surface area contributed by atoms with Gasteiger partial charge in [0.15, 0.2) is 0 Å². The summed E-state index contributed by atoms with van der Waals surface area (Å²) in [5.74, 6) is 0. The molecule has 0 saturated heterocycles. The Hall–Kier alpha value is 1.52. The van der Waals surface area contributed by atoms with Crippen molar-refractivity contribution in [1.82, 2.24) is 0 Å². The average molecular weight is 292 g/mol. The molecule has 0 aliphatic heterocycles. The smallest absolute Gasteiger partial charge is 0 e. The van der Waals surface area contributed by atoms with Crippen molar-refractivity contribution in [2.24, 2.45) is 0 Å². The Morgan fingerprint density at radius 1 is 1.75 bits per heavy atom. The van der Waals surface area contributed by atoms with Crippen LogP contribution in [0.15, 0.2) is 0 Å². The van der Waals surface area contributed by atoms with Crippen LogP contribution in [0.2, 0.25) is 0 Å². The van der Waals surface area contributed by atoms with E-state index in [1.54, 1.807) is 0 Å². The molecule has 0 bridgehead atoms. The molecule has 0 unspecified atom stereocenters. The van der Waals surface area contributed by atoms with Gasteiger partial charge in [0.05, 0.1) is 0 Å². The second-order valence-electron chi connectivity index (χ2n) is 0.354. The maximum Gasteiger partial charge on any atom is 0 e. The Labute approximate surface area is 54.4 Å². The summed E-state index contributed by atoms with van der Waals surface area (Å²) in [6, 6.07) is 0. The minimum atomic E-state index is 0. The van der Waals surface area contributed by atoms with Gasteiger partial charge in [0.2, 0.25) is 0 Å². The summed E-state index contributed by atoms with van der Waals surface area (Å²) in [5.41, 5.74) is 0. The van der Waals surface area contributed by atoms with Gasteiger partial charge in [-0.15, -0.1) is 0 Å². The summed E-state index contributed by atoms with van der Waals surface area (Å²) in [5, 5.41) is 0. The van der Waals surface area contributed by atoms with Crippen LogP contribution in [0.5, 0.6) is 0 Å². The minimum absolute atomic E-state index is 0. The van der Waals surface area contributed by atoms with Crippen molar-refractivity contribution in [1.29, 1.82) is 0 Å². The van der Waals surface area contributed by atoms with E-state index in [4.69, 9.17) is 0 Å². The fourth-order valence-corrected chi connectivity index (χ4v) is 0. The predicted molar refractivity (Wildman–Crippen MR) is 18.9 cm³/mol. The summed E-state index contributed by atoms with van der Waals surface area (Å²) in [6.07, 6.45) is 1.06. The van der Waals surface area contributed by atoms with Crippen LogP contribution >= 0.6 is 9.24 Å². The van der Waals surface area contributed by atoms with E-state index in [0.717, 1.165) is 6.16 Å². The van der Waals surface area contributed by atoms with Crippen LogP contribution in [-0.4, -0.2) is 6.16 Å². The first-order chi connectivity index (χ1) is 1.41. The van der Waals surface area contributed by atoms with Gasteiger partial charge in [0.1, 0.15) is 0 Å². The Morgan fingerprint density at radius 3 is 1.75 bits per heavy atom. The molecule has 0 saturated carbocycles. The van der Waals surface area contributed by atoms with Crippen molar-refractivity contribution in [3.05, 3.63) is 0 Å². The van der Waals surface area contributed by atoms with Crippen LogP contribution in [0.25, 0.3) is 0 Å². The molecule has 0 aliphatic rings. The molecule has 1 radical (unpaired) electrons. The topological polar surface area (TPSA) is 0 Å². The summed E-state index contributed by atoms with van der Waals surface area (Å²) < 4.78 is 0. The Balaban J connectivity index is 0. The number of hydrogen-bond donors (Lipinski definition) is 0. The molecule has 0 aromatic rings. The zero-order valence-corrected chi connectivity index (χ0v) is 8.59. The fourth-order valence-electron chi connectivity index (χ4n) is 0. The normalized spacial score (nSPS) is 4.50. The molecule has 23 valence electrons. The Kier molecular flexibility index (Phi) is 20.1. The van der Waals surface area contributed by atoms with Crippen molar-refractivity contribution in [2.75, 3.05) is 6.16 Å². The number of hydrogen-bond acceptors (Lipinski definition) is 0. The van der Waals surface area contributed by atoms with E-state index in [1.165, 1.54) is 0 Å². The quantitative estimate of drug-likeness (QED) is 0.588. The van der Waals surface area contributed by atoms with Gasteiger partial charge in [-0.2, -0.15) is 6.16 Å². The average Bonchev–Trinajstić information content (AvgIpc) is 0.918. The summed E-state index contributed by atoms with van der Waals surface area (Å²) in [4.78, 5) is 0. The molecule has 0 nitrogen and oxygen atoms in total. The van der Waals surface area contributed by atoms with Gasteiger partial charge in [-0.1, -0.05) is 6.92 Å². The van der Waals surface area contributed by atoms with Gasteiger partial charge < -0.3 is 9.24 Å². The van der Waals surface area contributed by atoms with E-state index >= 15 is 0 Å². The molecular formula is C2H6PPa-. The summed E-state index contributed by atoms with van der Waals surface area (Å²) in [7, 11) is 3.18. The van der Waals surface area contributed by atoms with E-state index in [9.17, 15) is 0 Å². The first kappa shape index (κ1) is 9.10. The van der Waals surface area contributed by atoms with Crippen LogP contribution in [0, 0.1) is 32.3 Å². The van der Waals surface area contributed by atoms with Crippen LogP contribution < -0.4 is 0 Å². The maximum absolute atomic E-state index is 3.18. The SMILES string of the molecule is CC[PH-].[Pa]. The standard InChI is InChI=1S/C2H6P.Pa/c1-2-3;/h3H,2H2,1H3;/q-1;. The molecule has 0 N–H and O–H groups in total. The van der Waals surface area contributed by atoms with Crippen LogP contribution in [0.1, 0.15) is 6.92 Å². The molecule has 0 rings (SSSR count). The summed E-state index contributed by atoms with van der Waals surface area (Å²) >= 11 is 0. The minimum Gasteiger partial charge on any atom is -0.559 e. The van der Waals surface area contributed by atoms with E-state index in [0.29, 0.717) is 0 Å². The predicted octanol–water partition coefficient (Wildman–Crippen LogP) is 1.15. The van der Waals surface area contributed by atoms with Crippen LogP contribution in [-0.2, 0) is 0 Å². The first-order valence-electron chi connectivity index (χ1n) is 1.06. The molecule has 0 fully saturated rings. The molecule has 0 amide bonds. The third kappa shape index (κ3) is 9.67. The molecule has 2 heteroatoms.